The highest BCUT2D eigenvalue weighted by Crippen LogP contribution is 2.25. The van der Waals surface area contributed by atoms with E-state index >= 15 is 0 Å². The quantitative estimate of drug-likeness (QED) is 0.505. The van der Waals surface area contributed by atoms with Crippen LogP contribution >= 0.6 is 0 Å². The van der Waals surface area contributed by atoms with Crippen molar-refractivity contribution in [1.82, 2.24) is 0 Å². The Morgan fingerprint density at radius 3 is 2.90 bits per heavy atom. The van der Waals surface area contributed by atoms with E-state index in [1.165, 1.54) is 0 Å². The van der Waals surface area contributed by atoms with Gasteiger partial charge in [0, 0.05) is 6.42 Å². The molecule has 56 valence electrons. The minimum atomic E-state index is -0.139. The Bertz CT molecular complexity index is 153. The highest BCUT2D eigenvalue weighted by Gasteiger charge is 2.26. The topological polar surface area (TPSA) is 29.5 Å². The first-order chi connectivity index (χ1) is 4.84. The Hall–Kier alpha value is -0.340. The molecule has 0 aromatic carbocycles. The van der Waals surface area contributed by atoms with Gasteiger partial charge in [0.1, 0.15) is 0 Å². The maximum absolute atomic E-state index is 9.30. The lowest BCUT2D eigenvalue weighted by Crippen LogP contribution is -2.13. The summed E-state index contributed by atoms with van der Waals surface area (Å²) in [6.07, 6.45) is 7.18. The molecule has 2 heterocycles. The van der Waals surface area contributed by atoms with Crippen molar-refractivity contribution in [2.75, 3.05) is 0 Å². The van der Waals surface area contributed by atoms with Gasteiger partial charge in [0.2, 0.25) is 0 Å². The predicted octanol–water partition coefficient (Wildman–Crippen LogP) is 0.855. The van der Waals surface area contributed by atoms with Gasteiger partial charge in [0.05, 0.1) is 18.3 Å². The third-order valence-corrected chi connectivity index (χ3v) is 2.18. The van der Waals surface area contributed by atoms with Gasteiger partial charge in [-0.1, -0.05) is 12.2 Å². The van der Waals surface area contributed by atoms with Crippen LogP contribution in [0.1, 0.15) is 19.3 Å². The molecule has 1 N–H and O–H groups in total. The smallest absolute Gasteiger partial charge is 0.0789 e. The maximum atomic E-state index is 9.30. The van der Waals surface area contributed by atoms with Crippen molar-refractivity contribution in [1.29, 1.82) is 0 Å². The number of aliphatic hydroxyl groups is 1. The fraction of sp³-hybridized carbons (Fsp3) is 0.750. The Labute approximate surface area is 60.5 Å². The van der Waals surface area contributed by atoms with Crippen molar-refractivity contribution < 1.29 is 9.84 Å². The molecule has 0 spiro atoms. The summed E-state index contributed by atoms with van der Waals surface area (Å²) >= 11 is 0. The van der Waals surface area contributed by atoms with Crippen LogP contribution in [0, 0.1) is 0 Å². The molecule has 2 aliphatic heterocycles. The van der Waals surface area contributed by atoms with Crippen LogP contribution < -0.4 is 0 Å². The summed E-state index contributed by atoms with van der Waals surface area (Å²) in [4.78, 5) is 0. The van der Waals surface area contributed by atoms with Crippen LogP contribution in [-0.4, -0.2) is 23.4 Å². The summed E-state index contributed by atoms with van der Waals surface area (Å²) in [5.41, 5.74) is 0. The largest absolute Gasteiger partial charge is 0.393 e. The van der Waals surface area contributed by atoms with Gasteiger partial charge in [0.25, 0.3) is 0 Å². The van der Waals surface area contributed by atoms with Crippen LogP contribution in [0.4, 0.5) is 0 Å². The fourth-order valence-corrected chi connectivity index (χ4v) is 1.60. The molecule has 1 fully saturated rings. The van der Waals surface area contributed by atoms with Gasteiger partial charge in [-0.15, -0.1) is 0 Å². The molecule has 0 aliphatic carbocycles. The lowest BCUT2D eigenvalue weighted by Gasteiger charge is -2.08. The number of rotatable bonds is 0. The summed E-state index contributed by atoms with van der Waals surface area (Å²) in [5.74, 6) is 0. The Balaban J connectivity index is 2.07. The molecule has 2 bridgehead atoms. The lowest BCUT2D eigenvalue weighted by atomic mass is 10.0. The number of hydrogen-bond acceptors (Lipinski definition) is 2. The van der Waals surface area contributed by atoms with E-state index in [4.69, 9.17) is 4.74 Å². The summed E-state index contributed by atoms with van der Waals surface area (Å²) in [6, 6.07) is 0. The molecule has 0 amide bonds. The molecule has 2 aliphatic rings. The predicted molar refractivity (Wildman–Crippen MR) is 37.7 cm³/mol. The van der Waals surface area contributed by atoms with Gasteiger partial charge in [-0.3, -0.25) is 0 Å². The molecule has 0 saturated carbocycles. The van der Waals surface area contributed by atoms with E-state index in [1.54, 1.807) is 0 Å². The normalized spacial score (nSPS) is 45.5. The van der Waals surface area contributed by atoms with Crippen molar-refractivity contribution in [3.05, 3.63) is 12.2 Å². The van der Waals surface area contributed by atoms with Crippen molar-refractivity contribution in [2.45, 2.75) is 37.6 Å². The third-order valence-electron chi connectivity index (χ3n) is 2.18. The van der Waals surface area contributed by atoms with E-state index in [-0.39, 0.29) is 12.2 Å². The highest BCUT2D eigenvalue weighted by molar-refractivity contribution is 5.04. The van der Waals surface area contributed by atoms with E-state index < -0.39 is 0 Å². The monoisotopic (exact) mass is 140 g/mol. The number of fused-ring (bicyclic) bond motifs is 2. The van der Waals surface area contributed by atoms with Gasteiger partial charge >= 0.3 is 0 Å². The van der Waals surface area contributed by atoms with Crippen LogP contribution in [0.2, 0.25) is 0 Å². The zero-order valence-electron chi connectivity index (χ0n) is 5.86. The van der Waals surface area contributed by atoms with Crippen LogP contribution in [0.5, 0.6) is 0 Å². The minimum Gasteiger partial charge on any atom is -0.393 e. The lowest BCUT2D eigenvalue weighted by molar-refractivity contribution is 0.0542. The molecule has 0 aromatic rings. The fourth-order valence-electron chi connectivity index (χ4n) is 1.60. The molecule has 1 saturated heterocycles. The zero-order chi connectivity index (χ0) is 6.97. The molecule has 3 atom stereocenters. The van der Waals surface area contributed by atoms with Crippen LogP contribution in [-0.2, 0) is 4.74 Å². The molecular formula is C8H12O2. The number of aliphatic hydroxyl groups excluding tert-OH is 1. The molecule has 2 rings (SSSR count). The molecule has 10 heavy (non-hydrogen) atoms. The maximum Gasteiger partial charge on any atom is 0.0789 e. The van der Waals surface area contributed by atoms with Crippen molar-refractivity contribution >= 4 is 0 Å². The van der Waals surface area contributed by atoms with Crippen LogP contribution in [0.15, 0.2) is 12.2 Å². The Morgan fingerprint density at radius 1 is 1.20 bits per heavy atom. The average molecular weight is 140 g/mol. The first-order valence-electron chi connectivity index (χ1n) is 3.86. The Kier molecular flexibility index (Phi) is 1.51. The van der Waals surface area contributed by atoms with Crippen molar-refractivity contribution in [3.63, 3.8) is 0 Å². The van der Waals surface area contributed by atoms with Gasteiger partial charge < -0.3 is 9.84 Å². The van der Waals surface area contributed by atoms with Gasteiger partial charge in [-0.05, 0) is 12.8 Å². The van der Waals surface area contributed by atoms with Crippen LogP contribution in [0.25, 0.3) is 0 Å². The second-order valence-corrected chi connectivity index (χ2v) is 3.06. The minimum absolute atomic E-state index is 0.139. The van der Waals surface area contributed by atoms with E-state index in [1.807, 2.05) is 0 Å². The zero-order valence-corrected chi connectivity index (χ0v) is 5.86. The van der Waals surface area contributed by atoms with Gasteiger partial charge in [-0.2, -0.15) is 0 Å². The van der Waals surface area contributed by atoms with Gasteiger partial charge in [-0.25, -0.2) is 0 Å². The Morgan fingerprint density at radius 2 is 2.00 bits per heavy atom. The van der Waals surface area contributed by atoms with Crippen molar-refractivity contribution in [2.24, 2.45) is 0 Å². The van der Waals surface area contributed by atoms with E-state index in [9.17, 15) is 5.11 Å². The van der Waals surface area contributed by atoms with E-state index in [2.05, 4.69) is 12.2 Å². The highest BCUT2D eigenvalue weighted by atomic mass is 16.5. The summed E-state index contributed by atoms with van der Waals surface area (Å²) in [6.45, 7) is 0. The van der Waals surface area contributed by atoms with Crippen LogP contribution in [0.3, 0.4) is 0 Å². The summed E-state index contributed by atoms with van der Waals surface area (Å²) in [5, 5.41) is 9.30. The average Bonchev–Trinajstić information content (AvgIpc) is 2.22. The summed E-state index contributed by atoms with van der Waals surface area (Å²) < 4.78 is 5.52. The first-order valence-corrected chi connectivity index (χ1v) is 3.86. The molecular weight excluding hydrogens is 128 g/mol. The number of ether oxygens (including phenoxy) is 1. The standard InChI is InChI=1S/C8H12O2/c9-6-1-2-7-3-4-8(5-6)10-7/h3-4,6-9H,1-2,5H2. The SMILES string of the molecule is OC1CCC2C=CC(C1)O2. The third kappa shape index (κ3) is 1.09. The number of hydrogen-bond donors (Lipinski definition) is 1. The molecule has 0 radical (unpaired) electrons. The molecule has 2 nitrogen and oxygen atoms in total. The first kappa shape index (κ1) is 6.38. The second kappa shape index (κ2) is 2.36. The van der Waals surface area contributed by atoms with Gasteiger partial charge in [0.15, 0.2) is 0 Å². The van der Waals surface area contributed by atoms with Crippen molar-refractivity contribution in [3.8, 4) is 0 Å². The molecule has 2 heteroatoms. The molecule has 0 aromatic heterocycles. The van der Waals surface area contributed by atoms with E-state index in [0.29, 0.717) is 6.10 Å². The summed E-state index contributed by atoms with van der Waals surface area (Å²) in [7, 11) is 0. The molecule has 3 unspecified atom stereocenters. The second-order valence-electron chi connectivity index (χ2n) is 3.06. The van der Waals surface area contributed by atoms with E-state index in [0.717, 1.165) is 19.3 Å².